The van der Waals surface area contributed by atoms with Crippen LogP contribution < -0.4 is 0 Å². The van der Waals surface area contributed by atoms with Crippen LogP contribution in [-0.4, -0.2) is 9.97 Å². The SMILES string of the molecule is c1cc(Cc2ccncc2)c2[nH]c3c(c2c1)CCCC3. The highest BCUT2D eigenvalue weighted by Gasteiger charge is 2.16. The van der Waals surface area contributed by atoms with Gasteiger partial charge in [0.15, 0.2) is 0 Å². The third-order valence-corrected chi connectivity index (χ3v) is 4.36. The van der Waals surface area contributed by atoms with Crippen molar-refractivity contribution in [3.63, 3.8) is 0 Å². The lowest BCUT2D eigenvalue weighted by atomic mass is 9.95. The Balaban J connectivity index is 1.82. The third kappa shape index (κ3) is 1.92. The summed E-state index contributed by atoms with van der Waals surface area (Å²) in [5.74, 6) is 0. The van der Waals surface area contributed by atoms with E-state index in [1.54, 1.807) is 5.56 Å². The molecular weight excluding hydrogens is 244 g/mol. The van der Waals surface area contributed by atoms with E-state index in [4.69, 9.17) is 0 Å². The van der Waals surface area contributed by atoms with Crippen LogP contribution in [0.25, 0.3) is 10.9 Å². The van der Waals surface area contributed by atoms with Gasteiger partial charge in [0.1, 0.15) is 0 Å². The molecule has 0 amide bonds. The first-order valence-corrected chi connectivity index (χ1v) is 7.42. The van der Waals surface area contributed by atoms with E-state index >= 15 is 0 Å². The zero-order valence-corrected chi connectivity index (χ0v) is 11.5. The van der Waals surface area contributed by atoms with Gasteiger partial charge >= 0.3 is 0 Å². The van der Waals surface area contributed by atoms with Gasteiger partial charge in [-0.05, 0) is 60.9 Å². The monoisotopic (exact) mass is 262 g/mol. The molecule has 0 fully saturated rings. The summed E-state index contributed by atoms with van der Waals surface area (Å²) < 4.78 is 0. The summed E-state index contributed by atoms with van der Waals surface area (Å²) in [4.78, 5) is 7.78. The third-order valence-electron chi connectivity index (χ3n) is 4.36. The number of pyridine rings is 1. The van der Waals surface area contributed by atoms with Crippen LogP contribution in [0, 0.1) is 0 Å². The van der Waals surface area contributed by atoms with E-state index in [0.29, 0.717) is 0 Å². The Morgan fingerprint density at radius 3 is 2.75 bits per heavy atom. The Bertz CT molecular complexity index is 741. The van der Waals surface area contributed by atoms with E-state index in [1.807, 2.05) is 12.4 Å². The Morgan fingerprint density at radius 2 is 1.85 bits per heavy atom. The van der Waals surface area contributed by atoms with Gasteiger partial charge in [-0.25, -0.2) is 0 Å². The molecule has 0 saturated carbocycles. The minimum absolute atomic E-state index is 0.971. The fourth-order valence-corrected chi connectivity index (χ4v) is 3.36. The van der Waals surface area contributed by atoms with Crippen molar-refractivity contribution in [1.29, 1.82) is 0 Å². The molecule has 0 spiro atoms. The molecule has 0 saturated heterocycles. The minimum Gasteiger partial charge on any atom is -0.358 e. The fourth-order valence-electron chi connectivity index (χ4n) is 3.36. The van der Waals surface area contributed by atoms with E-state index < -0.39 is 0 Å². The number of hydrogen-bond acceptors (Lipinski definition) is 1. The number of nitrogens with one attached hydrogen (secondary N) is 1. The molecule has 100 valence electrons. The molecule has 1 N–H and O–H groups in total. The number of aryl methyl sites for hydroxylation is 2. The number of hydrogen-bond donors (Lipinski definition) is 1. The summed E-state index contributed by atoms with van der Waals surface area (Å²) in [5.41, 5.74) is 7.08. The van der Waals surface area contributed by atoms with Crippen LogP contribution in [0.15, 0.2) is 42.7 Å². The van der Waals surface area contributed by atoms with Crippen molar-refractivity contribution in [1.82, 2.24) is 9.97 Å². The summed E-state index contributed by atoms with van der Waals surface area (Å²) in [6, 6.07) is 10.9. The zero-order valence-electron chi connectivity index (χ0n) is 11.5. The first-order chi connectivity index (χ1) is 9.92. The number of rotatable bonds is 2. The molecule has 0 radical (unpaired) electrons. The molecule has 20 heavy (non-hydrogen) atoms. The van der Waals surface area contributed by atoms with E-state index in [-0.39, 0.29) is 0 Å². The molecule has 0 bridgehead atoms. The van der Waals surface area contributed by atoms with Gasteiger partial charge in [0, 0.05) is 29.0 Å². The molecule has 2 aromatic heterocycles. The standard InChI is InChI=1S/C18H18N2/c1-2-7-17-15(5-1)16-6-3-4-14(18(16)20-17)12-13-8-10-19-11-9-13/h3-4,6,8-11,20H,1-2,5,7,12H2. The van der Waals surface area contributed by atoms with Crippen molar-refractivity contribution < 1.29 is 0 Å². The second kappa shape index (κ2) is 4.78. The highest BCUT2D eigenvalue weighted by Crippen LogP contribution is 2.31. The number of H-pyrrole nitrogens is 1. The number of aromatic amines is 1. The van der Waals surface area contributed by atoms with E-state index in [1.165, 1.54) is 53.4 Å². The van der Waals surface area contributed by atoms with Crippen LogP contribution >= 0.6 is 0 Å². The topological polar surface area (TPSA) is 28.7 Å². The largest absolute Gasteiger partial charge is 0.358 e. The van der Waals surface area contributed by atoms with Gasteiger partial charge in [-0.3, -0.25) is 4.98 Å². The average Bonchev–Trinajstić information content (AvgIpc) is 2.88. The number of para-hydroxylation sites is 1. The van der Waals surface area contributed by atoms with E-state index in [2.05, 4.69) is 40.3 Å². The van der Waals surface area contributed by atoms with Gasteiger partial charge in [-0.2, -0.15) is 0 Å². The summed E-state index contributed by atoms with van der Waals surface area (Å²) in [7, 11) is 0. The maximum absolute atomic E-state index is 4.09. The van der Waals surface area contributed by atoms with Crippen molar-refractivity contribution in [2.45, 2.75) is 32.1 Å². The summed E-state index contributed by atoms with van der Waals surface area (Å²) in [6.45, 7) is 0. The molecule has 2 heteroatoms. The number of aromatic nitrogens is 2. The molecule has 1 aromatic carbocycles. The van der Waals surface area contributed by atoms with Gasteiger partial charge in [0.25, 0.3) is 0 Å². The predicted molar refractivity (Wildman–Crippen MR) is 82.0 cm³/mol. The van der Waals surface area contributed by atoms with E-state index in [9.17, 15) is 0 Å². The average molecular weight is 262 g/mol. The van der Waals surface area contributed by atoms with Gasteiger partial charge in [-0.15, -0.1) is 0 Å². The highest BCUT2D eigenvalue weighted by atomic mass is 14.7. The molecule has 0 unspecified atom stereocenters. The Labute approximate surface area is 118 Å². The molecule has 2 heterocycles. The second-order valence-electron chi connectivity index (χ2n) is 5.66. The van der Waals surface area contributed by atoms with Crippen LogP contribution in [0.1, 0.15) is 35.2 Å². The van der Waals surface area contributed by atoms with Crippen LogP contribution in [0.4, 0.5) is 0 Å². The number of fused-ring (bicyclic) bond motifs is 3. The lowest BCUT2D eigenvalue weighted by Crippen LogP contribution is -1.99. The van der Waals surface area contributed by atoms with Crippen molar-refractivity contribution in [2.24, 2.45) is 0 Å². The predicted octanol–water partition coefficient (Wildman–Crippen LogP) is 4.03. The van der Waals surface area contributed by atoms with Gasteiger partial charge in [0.05, 0.1) is 0 Å². The number of nitrogens with zero attached hydrogens (tertiary/aromatic N) is 1. The highest BCUT2D eigenvalue weighted by molar-refractivity contribution is 5.87. The van der Waals surface area contributed by atoms with E-state index in [0.717, 1.165) is 6.42 Å². The van der Waals surface area contributed by atoms with Gasteiger partial charge in [0.2, 0.25) is 0 Å². The fraction of sp³-hybridized carbons (Fsp3) is 0.278. The number of benzene rings is 1. The Hall–Kier alpha value is -2.09. The first-order valence-electron chi connectivity index (χ1n) is 7.42. The Morgan fingerprint density at radius 1 is 1.00 bits per heavy atom. The molecule has 4 rings (SSSR count). The maximum atomic E-state index is 4.09. The summed E-state index contributed by atoms with van der Waals surface area (Å²) in [6.07, 6.45) is 9.80. The molecule has 3 aromatic rings. The molecule has 1 aliphatic carbocycles. The zero-order chi connectivity index (χ0) is 13.4. The van der Waals surface area contributed by atoms with Crippen molar-refractivity contribution in [3.8, 4) is 0 Å². The van der Waals surface area contributed by atoms with Crippen LogP contribution in [0.5, 0.6) is 0 Å². The molecule has 1 aliphatic rings. The summed E-state index contributed by atoms with van der Waals surface area (Å²) in [5, 5.41) is 1.44. The minimum atomic E-state index is 0.971. The van der Waals surface area contributed by atoms with Gasteiger partial charge in [-0.1, -0.05) is 18.2 Å². The maximum Gasteiger partial charge on any atom is 0.0494 e. The summed E-state index contributed by atoms with van der Waals surface area (Å²) >= 11 is 0. The van der Waals surface area contributed by atoms with Crippen molar-refractivity contribution in [2.75, 3.05) is 0 Å². The molecule has 2 nitrogen and oxygen atoms in total. The Kier molecular flexibility index (Phi) is 2.80. The first kappa shape index (κ1) is 11.7. The second-order valence-corrected chi connectivity index (χ2v) is 5.66. The van der Waals surface area contributed by atoms with Crippen molar-refractivity contribution in [3.05, 3.63) is 65.1 Å². The smallest absolute Gasteiger partial charge is 0.0494 e. The van der Waals surface area contributed by atoms with Crippen LogP contribution in [0.3, 0.4) is 0 Å². The molecule has 0 aliphatic heterocycles. The van der Waals surface area contributed by atoms with Crippen LogP contribution in [0.2, 0.25) is 0 Å². The quantitative estimate of drug-likeness (QED) is 0.742. The molecular formula is C18H18N2. The molecule has 0 atom stereocenters. The van der Waals surface area contributed by atoms with Gasteiger partial charge < -0.3 is 4.98 Å². The lowest BCUT2D eigenvalue weighted by Gasteiger charge is -2.10. The normalized spacial score (nSPS) is 14.4. The van der Waals surface area contributed by atoms with Crippen LogP contribution in [-0.2, 0) is 19.3 Å². The van der Waals surface area contributed by atoms with Crippen molar-refractivity contribution >= 4 is 10.9 Å². The lowest BCUT2D eigenvalue weighted by molar-refractivity contribution is 0.680.